The van der Waals surface area contributed by atoms with Crippen LogP contribution in [0.15, 0.2) is 6.33 Å². The highest BCUT2D eigenvalue weighted by Gasteiger charge is 2.11. The number of aromatic nitrogens is 2. The summed E-state index contributed by atoms with van der Waals surface area (Å²) >= 11 is 0. The lowest BCUT2D eigenvalue weighted by Crippen LogP contribution is -2.10. The predicted molar refractivity (Wildman–Crippen MR) is 84.4 cm³/mol. The van der Waals surface area contributed by atoms with Crippen LogP contribution in [0, 0.1) is 5.92 Å². The van der Waals surface area contributed by atoms with E-state index in [9.17, 15) is 0 Å². The van der Waals surface area contributed by atoms with E-state index in [0.717, 1.165) is 62.0 Å². The first kappa shape index (κ1) is 16.7. The van der Waals surface area contributed by atoms with Gasteiger partial charge in [0.05, 0.1) is 12.2 Å². The number of rotatable bonds is 10. The second kappa shape index (κ2) is 9.56. The van der Waals surface area contributed by atoms with Gasteiger partial charge < -0.3 is 10.1 Å². The minimum absolute atomic E-state index is 0.723. The molecule has 1 heterocycles. The molecule has 1 N–H and O–H groups in total. The minimum atomic E-state index is 0.723. The molecule has 0 radical (unpaired) electrons. The van der Waals surface area contributed by atoms with Crippen LogP contribution in [0.5, 0.6) is 5.88 Å². The zero-order valence-corrected chi connectivity index (χ0v) is 13.4. The molecule has 20 heavy (non-hydrogen) atoms. The molecule has 4 nitrogen and oxygen atoms in total. The summed E-state index contributed by atoms with van der Waals surface area (Å²) in [6.45, 7) is 10.5. The number of hydrogen-bond donors (Lipinski definition) is 1. The topological polar surface area (TPSA) is 47.0 Å². The number of ether oxygens (including phenoxy) is 1. The highest BCUT2D eigenvalue weighted by molar-refractivity contribution is 5.48. The Labute approximate surface area is 123 Å². The van der Waals surface area contributed by atoms with Crippen molar-refractivity contribution in [3.05, 3.63) is 11.9 Å². The molecule has 0 spiro atoms. The maximum atomic E-state index is 5.87. The van der Waals surface area contributed by atoms with E-state index in [1.54, 1.807) is 6.33 Å². The molecule has 0 amide bonds. The summed E-state index contributed by atoms with van der Waals surface area (Å²) in [5, 5.41) is 3.37. The molecular formula is C16H29N3O. The summed E-state index contributed by atoms with van der Waals surface area (Å²) in [7, 11) is 0. The van der Waals surface area contributed by atoms with Gasteiger partial charge in [-0.1, -0.05) is 34.1 Å². The molecule has 0 aromatic carbocycles. The van der Waals surface area contributed by atoms with E-state index in [1.807, 2.05) is 0 Å². The van der Waals surface area contributed by atoms with Gasteiger partial charge in [-0.15, -0.1) is 0 Å². The quantitative estimate of drug-likeness (QED) is 0.656. The van der Waals surface area contributed by atoms with Crippen molar-refractivity contribution < 1.29 is 4.74 Å². The second-order valence-corrected chi connectivity index (χ2v) is 5.57. The molecule has 0 fully saturated rings. The van der Waals surface area contributed by atoms with Crippen LogP contribution < -0.4 is 10.1 Å². The second-order valence-electron chi connectivity index (χ2n) is 5.57. The number of nitrogens with zero attached hydrogens (tertiary/aromatic N) is 2. The van der Waals surface area contributed by atoms with Crippen LogP contribution >= 0.6 is 0 Å². The molecule has 0 unspecified atom stereocenters. The third-order valence-corrected chi connectivity index (χ3v) is 3.11. The van der Waals surface area contributed by atoms with E-state index in [1.165, 1.54) is 6.42 Å². The molecule has 0 aliphatic carbocycles. The Kier molecular flexibility index (Phi) is 8.00. The van der Waals surface area contributed by atoms with Crippen molar-refractivity contribution >= 4 is 5.82 Å². The van der Waals surface area contributed by atoms with Gasteiger partial charge >= 0.3 is 0 Å². The summed E-state index contributed by atoms with van der Waals surface area (Å²) < 4.78 is 5.87. The van der Waals surface area contributed by atoms with Crippen LogP contribution in [0.4, 0.5) is 5.82 Å². The first-order valence-corrected chi connectivity index (χ1v) is 7.89. The van der Waals surface area contributed by atoms with Gasteiger partial charge in [0.1, 0.15) is 12.1 Å². The van der Waals surface area contributed by atoms with Crippen LogP contribution in [-0.4, -0.2) is 23.1 Å². The van der Waals surface area contributed by atoms with Crippen molar-refractivity contribution in [3.63, 3.8) is 0 Å². The lowest BCUT2D eigenvalue weighted by molar-refractivity contribution is 0.283. The predicted octanol–water partition coefficient (Wildman–Crippen LogP) is 4.07. The molecular weight excluding hydrogens is 250 g/mol. The van der Waals surface area contributed by atoms with E-state index in [4.69, 9.17) is 4.74 Å². The van der Waals surface area contributed by atoms with Gasteiger partial charge in [-0.05, 0) is 31.6 Å². The lowest BCUT2D eigenvalue weighted by Gasteiger charge is -2.14. The maximum absolute atomic E-state index is 5.87. The van der Waals surface area contributed by atoms with E-state index >= 15 is 0 Å². The van der Waals surface area contributed by atoms with Crippen molar-refractivity contribution in [1.82, 2.24) is 9.97 Å². The number of hydrogen-bond acceptors (Lipinski definition) is 4. The zero-order valence-electron chi connectivity index (χ0n) is 13.4. The molecule has 0 aliphatic rings. The largest absolute Gasteiger partial charge is 0.477 e. The molecule has 1 rings (SSSR count). The van der Waals surface area contributed by atoms with Crippen molar-refractivity contribution in [3.8, 4) is 5.88 Å². The van der Waals surface area contributed by atoms with Crippen LogP contribution in [0.25, 0.3) is 0 Å². The average molecular weight is 279 g/mol. The van der Waals surface area contributed by atoms with Gasteiger partial charge in [-0.2, -0.15) is 0 Å². The van der Waals surface area contributed by atoms with E-state index in [0.29, 0.717) is 0 Å². The SMILES string of the molecule is CCCNc1ncnc(OCCCC(C)C)c1CCC. The highest BCUT2D eigenvalue weighted by Crippen LogP contribution is 2.24. The fraction of sp³-hybridized carbons (Fsp3) is 0.750. The standard InChI is InChI=1S/C16H29N3O/c1-5-8-14-15(17-10-6-2)18-12-19-16(14)20-11-7-9-13(3)4/h12-13H,5-11H2,1-4H3,(H,17,18,19). The summed E-state index contributed by atoms with van der Waals surface area (Å²) in [4.78, 5) is 8.66. The fourth-order valence-electron chi connectivity index (χ4n) is 2.05. The molecule has 0 saturated carbocycles. The van der Waals surface area contributed by atoms with Crippen LogP contribution in [0.2, 0.25) is 0 Å². The van der Waals surface area contributed by atoms with E-state index in [2.05, 4.69) is 43.0 Å². The Morgan fingerprint density at radius 3 is 2.65 bits per heavy atom. The Bertz CT molecular complexity index is 380. The first-order valence-electron chi connectivity index (χ1n) is 7.89. The van der Waals surface area contributed by atoms with Crippen LogP contribution in [0.1, 0.15) is 58.9 Å². The van der Waals surface area contributed by atoms with Gasteiger partial charge in [0.2, 0.25) is 5.88 Å². The molecule has 1 aromatic rings. The molecule has 1 aromatic heterocycles. The molecule has 0 saturated heterocycles. The van der Waals surface area contributed by atoms with Gasteiger partial charge in [-0.3, -0.25) is 0 Å². The number of nitrogens with one attached hydrogen (secondary N) is 1. The third kappa shape index (κ3) is 5.76. The Balaban J connectivity index is 2.67. The molecule has 0 bridgehead atoms. The summed E-state index contributed by atoms with van der Waals surface area (Å²) in [6.07, 6.45) is 6.96. The molecule has 4 heteroatoms. The Morgan fingerprint density at radius 2 is 2.00 bits per heavy atom. The van der Waals surface area contributed by atoms with E-state index < -0.39 is 0 Å². The zero-order chi connectivity index (χ0) is 14.8. The minimum Gasteiger partial charge on any atom is -0.477 e. The van der Waals surface area contributed by atoms with Crippen LogP contribution in [0.3, 0.4) is 0 Å². The summed E-state index contributed by atoms with van der Waals surface area (Å²) in [5.74, 6) is 2.41. The monoisotopic (exact) mass is 279 g/mol. The third-order valence-electron chi connectivity index (χ3n) is 3.11. The maximum Gasteiger partial charge on any atom is 0.221 e. The first-order chi connectivity index (χ1) is 9.69. The van der Waals surface area contributed by atoms with Crippen molar-refractivity contribution in [2.24, 2.45) is 5.92 Å². The van der Waals surface area contributed by atoms with Gasteiger partial charge in [0.15, 0.2) is 0 Å². The van der Waals surface area contributed by atoms with Crippen molar-refractivity contribution in [2.75, 3.05) is 18.5 Å². The van der Waals surface area contributed by atoms with E-state index in [-0.39, 0.29) is 0 Å². The average Bonchev–Trinajstić information content (AvgIpc) is 2.43. The lowest BCUT2D eigenvalue weighted by atomic mass is 10.1. The highest BCUT2D eigenvalue weighted by atomic mass is 16.5. The summed E-state index contributed by atoms with van der Waals surface area (Å²) in [5.41, 5.74) is 1.12. The fourth-order valence-corrected chi connectivity index (χ4v) is 2.05. The van der Waals surface area contributed by atoms with Gasteiger partial charge in [0, 0.05) is 6.54 Å². The van der Waals surface area contributed by atoms with Gasteiger partial charge in [0.25, 0.3) is 0 Å². The normalized spacial score (nSPS) is 10.8. The Hall–Kier alpha value is -1.32. The molecule has 114 valence electrons. The molecule has 0 aliphatic heterocycles. The smallest absolute Gasteiger partial charge is 0.221 e. The molecule has 0 atom stereocenters. The van der Waals surface area contributed by atoms with Gasteiger partial charge in [-0.25, -0.2) is 9.97 Å². The van der Waals surface area contributed by atoms with Crippen molar-refractivity contribution in [2.45, 2.75) is 59.8 Å². The Morgan fingerprint density at radius 1 is 1.20 bits per heavy atom. The van der Waals surface area contributed by atoms with Crippen LogP contribution in [-0.2, 0) is 6.42 Å². The summed E-state index contributed by atoms with van der Waals surface area (Å²) in [6, 6.07) is 0. The number of anilines is 1. The van der Waals surface area contributed by atoms with Crippen molar-refractivity contribution in [1.29, 1.82) is 0 Å².